The molecule has 0 radical (unpaired) electrons. The number of likely N-dealkylation sites (tertiary alicyclic amines) is 1. The number of nitrogens with zero attached hydrogens (tertiary/aromatic N) is 2. The average Bonchev–Trinajstić information content (AvgIpc) is 2.62. The Morgan fingerprint density at radius 2 is 2.12 bits per heavy atom. The van der Waals surface area contributed by atoms with Crippen molar-refractivity contribution in [1.82, 2.24) is 15.5 Å². The molecule has 0 spiro atoms. The van der Waals surface area contributed by atoms with Crippen molar-refractivity contribution in [2.45, 2.75) is 51.7 Å². The summed E-state index contributed by atoms with van der Waals surface area (Å²) in [5, 5.41) is 6.82. The van der Waals surface area contributed by atoms with E-state index in [4.69, 9.17) is 4.74 Å². The third kappa shape index (κ3) is 5.13. The Morgan fingerprint density at radius 3 is 2.83 bits per heavy atom. The summed E-state index contributed by atoms with van der Waals surface area (Å²) < 4.78 is 5.39. The summed E-state index contributed by atoms with van der Waals surface area (Å²) in [7, 11) is 3.51. The quantitative estimate of drug-likeness (QED) is 0.621. The molecule has 0 aromatic heterocycles. The zero-order valence-corrected chi connectivity index (χ0v) is 15.5. The summed E-state index contributed by atoms with van der Waals surface area (Å²) >= 11 is 0. The maximum absolute atomic E-state index is 5.39. The predicted molar refractivity (Wildman–Crippen MR) is 101 cm³/mol. The van der Waals surface area contributed by atoms with Gasteiger partial charge in [0.25, 0.3) is 0 Å². The zero-order valence-electron chi connectivity index (χ0n) is 15.5. The van der Waals surface area contributed by atoms with Crippen LogP contribution in [-0.4, -0.2) is 50.2 Å². The van der Waals surface area contributed by atoms with E-state index in [-0.39, 0.29) is 0 Å². The molecule has 1 saturated heterocycles. The third-order valence-electron chi connectivity index (χ3n) is 4.85. The van der Waals surface area contributed by atoms with Crippen LogP contribution in [0.1, 0.15) is 38.7 Å². The van der Waals surface area contributed by atoms with Crippen LogP contribution in [0.2, 0.25) is 0 Å². The molecule has 2 unspecified atom stereocenters. The standard InChI is InChI=1S/C19H32N4O/c1-15-9-7-8-12-23(15)16(2)13-21-19(20-3)22-14-17-10-5-6-11-18(17)24-4/h5-6,10-11,15-16H,7-9,12-14H2,1-4H3,(H2,20,21,22). The fraction of sp³-hybridized carbons (Fsp3) is 0.632. The molecule has 1 aliphatic heterocycles. The number of methoxy groups -OCH3 is 1. The van der Waals surface area contributed by atoms with Crippen molar-refractivity contribution in [3.63, 3.8) is 0 Å². The van der Waals surface area contributed by atoms with Gasteiger partial charge >= 0.3 is 0 Å². The molecule has 0 amide bonds. The number of guanidine groups is 1. The van der Waals surface area contributed by atoms with Gasteiger partial charge in [0.15, 0.2) is 5.96 Å². The second kappa shape index (κ2) is 9.52. The predicted octanol–water partition coefficient (Wildman–Crippen LogP) is 2.62. The van der Waals surface area contributed by atoms with Gasteiger partial charge < -0.3 is 15.4 Å². The number of aliphatic imine (C=N–C) groups is 1. The van der Waals surface area contributed by atoms with E-state index in [2.05, 4.69) is 40.4 Å². The molecular weight excluding hydrogens is 300 g/mol. The molecule has 5 heteroatoms. The second-order valence-electron chi connectivity index (χ2n) is 6.55. The first kappa shape index (κ1) is 18.6. The second-order valence-corrected chi connectivity index (χ2v) is 6.55. The zero-order chi connectivity index (χ0) is 17.4. The van der Waals surface area contributed by atoms with Gasteiger partial charge in [-0.1, -0.05) is 24.6 Å². The molecule has 5 nitrogen and oxygen atoms in total. The maximum atomic E-state index is 5.39. The van der Waals surface area contributed by atoms with Crippen LogP contribution in [0, 0.1) is 0 Å². The van der Waals surface area contributed by atoms with Crippen LogP contribution in [0.4, 0.5) is 0 Å². The first-order valence-electron chi connectivity index (χ1n) is 8.98. The summed E-state index contributed by atoms with van der Waals surface area (Å²) in [6.07, 6.45) is 3.99. The van der Waals surface area contributed by atoms with Crippen LogP contribution in [0.5, 0.6) is 5.75 Å². The minimum atomic E-state index is 0.505. The Labute approximate surface area is 146 Å². The number of hydrogen-bond acceptors (Lipinski definition) is 3. The molecule has 2 N–H and O–H groups in total. The highest BCUT2D eigenvalue weighted by atomic mass is 16.5. The van der Waals surface area contributed by atoms with Gasteiger partial charge in [0.05, 0.1) is 7.11 Å². The Morgan fingerprint density at radius 1 is 1.33 bits per heavy atom. The largest absolute Gasteiger partial charge is 0.496 e. The lowest BCUT2D eigenvalue weighted by molar-refractivity contribution is 0.115. The van der Waals surface area contributed by atoms with E-state index in [1.807, 2.05) is 25.2 Å². The Balaban J connectivity index is 1.82. The van der Waals surface area contributed by atoms with Crippen LogP contribution < -0.4 is 15.4 Å². The SMILES string of the molecule is CN=C(NCc1ccccc1OC)NCC(C)N1CCCCC1C. The van der Waals surface area contributed by atoms with Gasteiger partial charge in [-0.2, -0.15) is 0 Å². The van der Waals surface area contributed by atoms with E-state index in [1.54, 1.807) is 7.11 Å². The summed E-state index contributed by atoms with van der Waals surface area (Å²) in [6, 6.07) is 9.24. The lowest BCUT2D eigenvalue weighted by atomic mass is 10.0. The summed E-state index contributed by atoms with van der Waals surface area (Å²) in [6.45, 7) is 7.43. The number of nitrogens with one attached hydrogen (secondary N) is 2. The summed E-state index contributed by atoms with van der Waals surface area (Å²) in [4.78, 5) is 6.93. The molecule has 0 saturated carbocycles. The number of ether oxygens (including phenoxy) is 1. The number of para-hydroxylation sites is 1. The molecule has 24 heavy (non-hydrogen) atoms. The van der Waals surface area contributed by atoms with Crippen molar-refractivity contribution >= 4 is 5.96 Å². The van der Waals surface area contributed by atoms with Gasteiger partial charge in [0.2, 0.25) is 0 Å². The average molecular weight is 332 g/mol. The lowest BCUT2D eigenvalue weighted by Gasteiger charge is -2.38. The first-order chi connectivity index (χ1) is 11.7. The topological polar surface area (TPSA) is 48.9 Å². The van der Waals surface area contributed by atoms with Crippen LogP contribution in [-0.2, 0) is 6.54 Å². The molecule has 0 bridgehead atoms. The molecule has 1 aliphatic rings. The number of benzene rings is 1. The fourth-order valence-corrected chi connectivity index (χ4v) is 3.39. The van der Waals surface area contributed by atoms with E-state index in [1.165, 1.54) is 25.8 Å². The van der Waals surface area contributed by atoms with E-state index >= 15 is 0 Å². The Hall–Kier alpha value is -1.75. The van der Waals surface area contributed by atoms with Crippen molar-refractivity contribution in [3.05, 3.63) is 29.8 Å². The molecule has 1 heterocycles. The minimum absolute atomic E-state index is 0.505. The van der Waals surface area contributed by atoms with Crippen molar-refractivity contribution in [3.8, 4) is 5.75 Å². The lowest BCUT2D eigenvalue weighted by Crippen LogP contribution is -2.50. The van der Waals surface area contributed by atoms with Crippen molar-refractivity contribution in [1.29, 1.82) is 0 Å². The van der Waals surface area contributed by atoms with E-state index < -0.39 is 0 Å². The third-order valence-corrected chi connectivity index (χ3v) is 4.85. The number of rotatable bonds is 6. The van der Waals surface area contributed by atoms with Gasteiger partial charge in [-0.25, -0.2) is 0 Å². The van der Waals surface area contributed by atoms with Gasteiger partial charge in [-0.15, -0.1) is 0 Å². The molecule has 134 valence electrons. The normalized spacial score (nSPS) is 20.5. The monoisotopic (exact) mass is 332 g/mol. The van der Waals surface area contributed by atoms with E-state index in [0.717, 1.165) is 23.8 Å². The molecule has 0 aliphatic carbocycles. The summed E-state index contributed by atoms with van der Waals surface area (Å²) in [5.74, 6) is 1.73. The van der Waals surface area contributed by atoms with Gasteiger partial charge in [0, 0.05) is 37.8 Å². The summed E-state index contributed by atoms with van der Waals surface area (Å²) in [5.41, 5.74) is 1.13. The molecule has 1 aromatic rings. The maximum Gasteiger partial charge on any atom is 0.191 e. The highest BCUT2D eigenvalue weighted by Crippen LogP contribution is 2.19. The van der Waals surface area contributed by atoms with Crippen LogP contribution in [0.25, 0.3) is 0 Å². The number of hydrogen-bond donors (Lipinski definition) is 2. The molecular formula is C19H32N4O. The van der Waals surface area contributed by atoms with E-state index in [9.17, 15) is 0 Å². The first-order valence-corrected chi connectivity index (χ1v) is 8.98. The van der Waals surface area contributed by atoms with Crippen molar-refractivity contribution in [2.24, 2.45) is 4.99 Å². The molecule has 1 fully saturated rings. The van der Waals surface area contributed by atoms with Crippen molar-refractivity contribution < 1.29 is 4.74 Å². The van der Waals surface area contributed by atoms with Crippen molar-refractivity contribution in [2.75, 3.05) is 27.2 Å². The molecule has 2 atom stereocenters. The number of piperidine rings is 1. The minimum Gasteiger partial charge on any atom is -0.496 e. The van der Waals surface area contributed by atoms with Crippen LogP contribution >= 0.6 is 0 Å². The highest BCUT2D eigenvalue weighted by Gasteiger charge is 2.22. The van der Waals surface area contributed by atoms with Gasteiger partial charge in [0.1, 0.15) is 5.75 Å². The molecule has 2 rings (SSSR count). The van der Waals surface area contributed by atoms with Crippen LogP contribution in [0.3, 0.4) is 0 Å². The molecule has 1 aromatic carbocycles. The fourth-order valence-electron chi connectivity index (χ4n) is 3.39. The van der Waals surface area contributed by atoms with Gasteiger partial charge in [-0.3, -0.25) is 9.89 Å². The Kier molecular flexibility index (Phi) is 7.37. The Bertz CT molecular complexity index is 532. The van der Waals surface area contributed by atoms with Crippen LogP contribution in [0.15, 0.2) is 29.3 Å². The highest BCUT2D eigenvalue weighted by molar-refractivity contribution is 5.79. The van der Waals surface area contributed by atoms with Gasteiger partial charge in [-0.05, 0) is 39.3 Å². The van der Waals surface area contributed by atoms with E-state index in [0.29, 0.717) is 18.6 Å². The smallest absolute Gasteiger partial charge is 0.191 e.